The van der Waals surface area contributed by atoms with Crippen LogP contribution in [0.2, 0.25) is 0 Å². The number of ether oxygens (including phenoxy) is 1. The third-order valence-electron chi connectivity index (χ3n) is 3.67. The van der Waals surface area contributed by atoms with Gasteiger partial charge in [-0.25, -0.2) is 0 Å². The molecule has 1 aliphatic rings. The fourth-order valence-corrected chi connectivity index (χ4v) is 2.51. The highest BCUT2D eigenvalue weighted by Gasteiger charge is 2.29. The van der Waals surface area contributed by atoms with E-state index < -0.39 is 33.0 Å². The van der Waals surface area contributed by atoms with Gasteiger partial charge in [0.15, 0.2) is 5.75 Å². The van der Waals surface area contributed by atoms with Gasteiger partial charge in [-0.2, -0.15) is 0 Å². The van der Waals surface area contributed by atoms with Crippen molar-refractivity contribution in [1.82, 2.24) is 4.57 Å². The molecule has 122 valence electrons. The monoisotopic (exact) mass is 331 g/mol. The van der Waals surface area contributed by atoms with Gasteiger partial charge in [-0.15, -0.1) is 0 Å². The van der Waals surface area contributed by atoms with Gasteiger partial charge in [0.25, 0.3) is 11.4 Å². The zero-order valence-electron chi connectivity index (χ0n) is 12.2. The summed E-state index contributed by atoms with van der Waals surface area (Å²) >= 11 is 0. The van der Waals surface area contributed by atoms with Crippen LogP contribution in [0.4, 0.5) is 11.4 Å². The van der Waals surface area contributed by atoms with Crippen molar-refractivity contribution in [2.75, 3.05) is 0 Å². The third kappa shape index (κ3) is 2.39. The minimum absolute atomic E-state index is 0.00813. The van der Waals surface area contributed by atoms with E-state index in [9.17, 15) is 29.8 Å². The molecule has 0 atom stereocenters. The number of nitrogens with zero attached hydrogens (tertiary/aromatic N) is 3. The Bertz CT molecular complexity index is 896. The van der Waals surface area contributed by atoms with Crippen LogP contribution in [0.25, 0.3) is 0 Å². The van der Waals surface area contributed by atoms with E-state index in [-0.39, 0.29) is 23.4 Å². The van der Waals surface area contributed by atoms with Crippen molar-refractivity contribution in [2.45, 2.75) is 6.42 Å². The van der Waals surface area contributed by atoms with Crippen LogP contribution in [0, 0.1) is 20.2 Å². The van der Waals surface area contributed by atoms with Crippen LogP contribution in [-0.2, 0) is 18.3 Å². The number of nitro benzene ring substituents is 2. The van der Waals surface area contributed by atoms with E-state index in [1.807, 2.05) is 0 Å². The third-order valence-corrected chi connectivity index (χ3v) is 3.67. The highest BCUT2D eigenvalue weighted by Crippen LogP contribution is 2.31. The predicted octanol–water partition coefficient (Wildman–Crippen LogP) is 1.53. The maximum Gasteiger partial charge on any atom is 0.317 e. The quantitative estimate of drug-likeness (QED) is 0.359. The number of esters is 1. The molecule has 10 nitrogen and oxygen atoms in total. The van der Waals surface area contributed by atoms with E-state index in [0.29, 0.717) is 5.69 Å². The van der Waals surface area contributed by atoms with Gasteiger partial charge in [0.2, 0.25) is 5.78 Å². The van der Waals surface area contributed by atoms with Crippen LogP contribution in [-0.4, -0.2) is 26.2 Å². The summed E-state index contributed by atoms with van der Waals surface area (Å²) in [4.78, 5) is 44.0. The van der Waals surface area contributed by atoms with Crippen molar-refractivity contribution in [3.63, 3.8) is 0 Å². The van der Waals surface area contributed by atoms with Crippen LogP contribution in [0.5, 0.6) is 5.75 Å². The Morgan fingerprint density at radius 3 is 2.21 bits per heavy atom. The van der Waals surface area contributed by atoms with Gasteiger partial charge in [0.1, 0.15) is 0 Å². The lowest BCUT2D eigenvalue weighted by molar-refractivity contribution is -0.394. The second-order valence-corrected chi connectivity index (χ2v) is 5.13. The van der Waals surface area contributed by atoms with Crippen LogP contribution in [0.1, 0.15) is 21.7 Å². The molecule has 10 heteroatoms. The van der Waals surface area contributed by atoms with Gasteiger partial charge in [0.05, 0.1) is 33.7 Å². The fourth-order valence-electron chi connectivity index (χ4n) is 2.51. The van der Waals surface area contributed by atoms with Crippen LogP contribution in [0.3, 0.4) is 0 Å². The molecule has 0 unspecified atom stereocenters. The molecule has 24 heavy (non-hydrogen) atoms. The largest absolute Gasteiger partial charge is 0.424 e. The summed E-state index contributed by atoms with van der Waals surface area (Å²) in [5.41, 5.74) is -0.687. The minimum atomic E-state index is -0.809. The minimum Gasteiger partial charge on any atom is -0.424 e. The first-order chi connectivity index (χ1) is 11.3. The average Bonchev–Trinajstić information content (AvgIpc) is 3.04. The molecular weight excluding hydrogens is 322 g/mol. The zero-order valence-corrected chi connectivity index (χ0v) is 12.2. The van der Waals surface area contributed by atoms with Gasteiger partial charge in [-0.3, -0.25) is 29.8 Å². The first-order valence-corrected chi connectivity index (χ1v) is 6.65. The Morgan fingerprint density at radius 2 is 1.71 bits per heavy atom. The molecule has 0 N–H and O–H groups in total. The first kappa shape index (κ1) is 15.3. The molecule has 0 saturated heterocycles. The lowest BCUT2D eigenvalue weighted by Gasteiger charge is -2.05. The van der Waals surface area contributed by atoms with Crippen molar-refractivity contribution in [3.8, 4) is 5.75 Å². The molecule has 2 aromatic rings. The number of fused-ring (bicyclic) bond motifs is 1. The molecule has 0 radical (unpaired) electrons. The molecule has 1 aromatic heterocycles. The number of carbonyl (C=O) groups is 2. The van der Waals surface area contributed by atoms with Gasteiger partial charge in [-0.05, 0) is 0 Å². The van der Waals surface area contributed by atoms with Crippen molar-refractivity contribution < 1.29 is 24.2 Å². The molecule has 0 fully saturated rings. The fraction of sp³-hybridized carbons (Fsp3) is 0.143. The second-order valence-electron chi connectivity index (χ2n) is 5.13. The van der Waals surface area contributed by atoms with Crippen LogP contribution >= 0.6 is 0 Å². The molecule has 3 rings (SSSR count). The summed E-state index contributed by atoms with van der Waals surface area (Å²) in [5.74, 6) is -0.846. The van der Waals surface area contributed by atoms with E-state index in [0.717, 1.165) is 18.2 Å². The Morgan fingerprint density at radius 1 is 1.12 bits per heavy atom. The van der Waals surface area contributed by atoms with E-state index in [4.69, 9.17) is 4.74 Å². The number of aromatic nitrogens is 1. The highest BCUT2D eigenvalue weighted by molar-refractivity contribution is 6.09. The summed E-state index contributed by atoms with van der Waals surface area (Å²) in [6, 6.07) is 4.07. The SMILES string of the molecule is Cn1c(C(=O)c2cc([N+](=O)[O-])cc([N+](=O)[O-])c2)cc2c1CC(=O)O2. The number of non-ortho nitro benzene ring substituents is 2. The standard InChI is InChI=1S/C14H9N3O7/c1-15-10-6-13(18)24-12(10)5-11(15)14(19)7-2-8(16(20)21)4-9(3-7)17(22)23/h2-5H,6H2,1H3. The van der Waals surface area contributed by atoms with E-state index >= 15 is 0 Å². The van der Waals surface area contributed by atoms with Crippen molar-refractivity contribution in [2.24, 2.45) is 7.05 Å². The molecule has 0 amide bonds. The van der Waals surface area contributed by atoms with E-state index in [1.165, 1.54) is 10.6 Å². The number of carbonyl (C=O) groups excluding carboxylic acids is 2. The highest BCUT2D eigenvalue weighted by atomic mass is 16.6. The Balaban J connectivity index is 2.08. The molecule has 0 spiro atoms. The zero-order chi connectivity index (χ0) is 17.6. The number of rotatable bonds is 4. The summed E-state index contributed by atoms with van der Waals surface area (Å²) in [6.45, 7) is 0. The summed E-state index contributed by atoms with van der Waals surface area (Å²) < 4.78 is 6.39. The normalized spacial score (nSPS) is 12.6. The number of benzene rings is 1. The predicted molar refractivity (Wildman–Crippen MR) is 77.9 cm³/mol. The smallest absolute Gasteiger partial charge is 0.317 e. The van der Waals surface area contributed by atoms with Crippen LogP contribution < -0.4 is 4.74 Å². The van der Waals surface area contributed by atoms with Gasteiger partial charge in [-0.1, -0.05) is 0 Å². The Hall–Kier alpha value is -3.56. The lowest BCUT2D eigenvalue weighted by atomic mass is 10.1. The number of hydrogen-bond donors (Lipinski definition) is 0. The number of ketones is 1. The van der Waals surface area contributed by atoms with Crippen molar-refractivity contribution in [3.05, 3.63) is 61.4 Å². The maximum atomic E-state index is 12.6. The van der Waals surface area contributed by atoms with Gasteiger partial charge >= 0.3 is 5.97 Å². The summed E-state index contributed by atoms with van der Waals surface area (Å²) in [6.07, 6.45) is 0.00813. The number of hydrogen-bond acceptors (Lipinski definition) is 7. The lowest BCUT2D eigenvalue weighted by Crippen LogP contribution is -2.12. The molecule has 2 heterocycles. The molecule has 0 aliphatic carbocycles. The first-order valence-electron chi connectivity index (χ1n) is 6.65. The molecule has 0 saturated carbocycles. The Kier molecular flexibility index (Phi) is 3.36. The topological polar surface area (TPSA) is 135 Å². The maximum absolute atomic E-state index is 12.6. The van der Waals surface area contributed by atoms with Gasteiger partial charge in [0, 0.05) is 30.8 Å². The summed E-state index contributed by atoms with van der Waals surface area (Å²) in [5, 5.41) is 21.8. The molecule has 0 bridgehead atoms. The number of nitro groups is 2. The van der Waals surface area contributed by atoms with Crippen molar-refractivity contribution >= 4 is 23.1 Å². The molecule has 1 aromatic carbocycles. The molecular formula is C14H9N3O7. The summed E-state index contributed by atoms with van der Waals surface area (Å²) in [7, 11) is 1.54. The average molecular weight is 331 g/mol. The molecule has 1 aliphatic heterocycles. The van der Waals surface area contributed by atoms with E-state index in [2.05, 4.69) is 0 Å². The Labute approximate surface area is 133 Å². The van der Waals surface area contributed by atoms with Crippen LogP contribution in [0.15, 0.2) is 24.3 Å². The van der Waals surface area contributed by atoms with Crippen molar-refractivity contribution in [1.29, 1.82) is 0 Å². The van der Waals surface area contributed by atoms with E-state index in [1.54, 1.807) is 7.05 Å². The second kappa shape index (κ2) is 5.26. The van der Waals surface area contributed by atoms with Gasteiger partial charge < -0.3 is 9.30 Å².